The monoisotopic (exact) mass is 464 g/mol. The maximum absolute atomic E-state index is 14.9. The third-order valence-electron chi connectivity index (χ3n) is 6.14. The topological polar surface area (TPSA) is 17.1 Å². The van der Waals surface area contributed by atoms with Gasteiger partial charge in [-0.2, -0.15) is 0 Å². The number of unbranched alkanes of at least 4 members (excludes halogenated alkanes) is 3. The lowest BCUT2D eigenvalue weighted by Gasteiger charge is -2.12. The van der Waals surface area contributed by atoms with Crippen molar-refractivity contribution < 1.29 is 22.4 Å². The van der Waals surface area contributed by atoms with Crippen molar-refractivity contribution in [2.45, 2.75) is 39.0 Å². The van der Waals surface area contributed by atoms with Crippen LogP contribution in [0.4, 0.5) is 17.6 Å². The molecule has 0 atom stereocenters. The minimum Gasteiger partial charge on any atom is -0.298 e. The van der Waals surface area contributed by atoms with Gasteiger partial charge in [0.2, 0.25) is 0 Å². The van der Waals surface area contributed by atoms with E-state index in [1.165, 1.54) is 37.0 Å². The molecule has 0 spiro atoms. The molecule has 0 heterocycles. The first kappa shape index (κ1) is 23.7. The van der Waals surface area contributed by atoms with E-state index in [1.807, 2.05) is 18.2 Å². The summed E-state index contributed by atoms with van der Waals surface area (Å²) >= 11 is 0. The SMILES string of the molecule is CCCCCCc1ccc2c(C=O)c(-c3ccc(-c4cc(F)c(F)c(F)c4)c(F)c3)ccc2c1. The second-order valence-corrected chi connectivity index (χ2v) is 8.46. The predicted molar refractivity (Wildman–Crippen MR) is 128 cm³/mol. The summed E-state index contributed by atoms with van der Waals surface area (Å²) in [6.45, 7) is 2.18. The first-order valence-corrected chi connectivity index (χ1v) is 11.4. The highest BCUT2D eigenvalue weighted by Crippen LogP contribution is 2.34. The fourth-order valence-electron chi connectivity index (χ4n) is 4.32. The molecule has 34 heavy (non-hydrogen) atoms. The van der Waals surface area contributed by atoms with Crippen molar-refractivity contribution in [3.8, 4) is 22.3 Å². The molecule has 4 aromatic rings. The van der Waals surface area contributed by atoms with E-state index in [4.69, 9.17) is 0 Å². The summed E-state index contributed by atoms with van der Waals surface area (Å²) in [5.74, 6) is -5.11. The Balaban J connectivity index is 1.69. The van der Waals surface area contributed by atoms with Gasteiger partial charge in [-0.1, -0.05) is 68.7 Å². The molecule has 174 valence electrons. The van der Waals surface area contributed by atoms with Gasteiger partial charge in [0.1, 0.15) is 5.82 Å². The number of aryl methyl sites for hydroxylation is 1. The van der Waals surface area contributed by atoms with Crippen LogP contribution in [0.25, 0.3) is 33.0 Å². The zero-order valence-corrected chi connectivity index (χ0v) is 18.8. The first-order chi connectivity index (χ1) is 16.4. The standard InChI is InChI=1S/C29H24F4O/c1-2-3-4-5-6-18-7-10-22-19(13-18)8-11-23(25(22)17-34)20-9-12-24(26(30)14-20)21-15-27(31)29(33)28(32)16-21/h7-17H,2-6H2,1H3. The minimum absolute atomic E-state index is 0.0669. The molecule has 0 fully saturated rings. The average molecular weight is 465 g/mol. The number of hydrogen-bond acceptors (Lipinski definition) is 1. The van der Waals surface area contributed by atoms with Crippen LogP contribution in [0.3, 0.4) is 0 Å². The van der Waals surface area contributed by atoms with Crippen molar-refractivity contribution in [3.05, 3.63) is 95.1 Å². The van der Waals surface area contributed by atoms with Gasteiger partial charge in [-0.3, -0.25) is 4.79 Å². The maximum atomic E-state index is 14.9. The number of carbonyl (C=O) groups excluding carboxylic acids is 1. The van der Waals surface area contributed by atoms with Crippen LogP contribution in [-0.2, 0) is 6.42 Å². The number of fused-ring (bicyclic) bond motifs is 1. The van der Waals surface area contributed by atoms with Gasteiger partial charge in [0.25, 0.3) is 0 Å². The van der Waals surface area contributed by atoms with Gasteiger partial charge in [-0.15, -0.1) is 0 Å². The first-order valence-electron chi connectivity index (χ1n) is 11.4. The van der Waals surface area contributed by atoms with Crippen LogP contribution in [0.15, 0.2) is 60.7 Å². The number of rotatable bonds is 8. The van der Waals surface area contributed by atoms with Gasteiger partial charge in [0.15, 0.2) is 23.7 Å². The van der Waals surface area contributed by atoms with Crippen LogP contribution in [0, 0.1) is 23.3 Å². The lowest BCUT2D eigenvalue weighted by Crippen LogP contribution is -1.95. The average Bonchev–Trinajstić information content (AvgIpc) is 2.84. The number of halogens is 4. The largest absolute Gasteiger partial charge is 0.298 e. The Morgan fingerprint density at radius 2 is 1.41 bits per heavy atom. The second kappa shape index (κ2) is 10.2. The van der Waals surface area contributed by atoms with E-state index >= 15 is 0 Å². The minimum atomic E-state index is -1.60. The quantitative estimate of drug-likeness (QED) is 0.110. The van der Waals surface area contributed by atoms with Crippen molar-refractivity contribution in [2.75, 3.05) is 0 Å². The molecule has 0 aromatic heterocycles. The van der Waals surface area contributed by atoms with Crippen molar-refractivity contribution in [3.63, 3.8) is 0 Å². The van der Waals surface area contributed by atoms with Crippen LogP contribution in [0.1, 0.15) is 48.5 Å². The molecule has 0 saturated carbocycles. The van der Waals surface area contributed by atoms with E-state index in [9.17, 15) is 22.4 Å². The van der Waals surface area contributed by atoms with Crippen molar-refractivity contribution >= 4 is 17.1 Å². The molecule has 0 aliphatic carbocycles. The van der Waals surface area contributed by atoms with E-state index in [-0.39, 0.29) is 11.1 Å². The Kier molecular flexibility index (Phi) is 7.11. The van der Waals surface area contributed by atoms with E-state index < -0.39 is 23.3 Å². The molecule has 0 bridgehead atoms. The van der Waals surface area contributed by atoms with E-state index in [0.717, 1.165) is 42.0 Å². The fourth-order valence-corrected chi connectivity index (χ4v) is 4.32. The Morgan fingerprint density at radius 1 is 0.706 bits per heavy atom. The van der Waals surface area contributed by atoms with Gasteiger partial charge >= 0.3 is 0 Å². The van der Waals surface area contributed by atoms with Gasteiger partial charge in [-0.25, -0.2) is 17.6 Å². The predicted octanol–water partition coefficient (Wildman–Crippen LogP) is 8.67. The van der Waals surface area contributed by atoms with E-state index in [2.05, 4.69) is 13.0 Å². The number of benzene rings is 4. The maximum Gasteiger partial charge on any atom is 0.194 e. The van der Waals surface area contributed by atoms with Gasteiger partial charge in [0, 0.05) is 11.1 Å². The highest BCUT2D eigenvalue weighted by Gasteiger charge is 2.16. The highest BCUT2D eigenvalue weighted by atomic mass is 19.2. The lowest BCUT2D eigenvalue weighted by atomic mass is 9.92. The third kappa shape index (κ3) is 4.74. The number of aldehydes is 1. The summed E-state index contributed by atoms with van der Waals surface area (Å²) < 4.78 is 55.4. The molecular formula is C29H24F4O. The van der Waals surface area contributed by atoms with Gasteiger partial charge in [-0.05, 0) is 64.1 Å². The van der Waals surface area contributed by atoms with E-state index in [0.29, 0.717) is 16.7 Å². The summed E-state index contributed by atoms with van der Waals surface area (Å²) in [6.07, 6.45) is 6.44. The Morgan fingerprint density at radius 3 is 2.09 bits per heavy atom. The molecule has 0 aliphatic rings. The summed E-state index contributed by atoms with van der Waals surface area (Å²) in [4.78, 5) is 12.0. The zero-order valence-electron chi connectivity index (χ0n) is 18.8. The number of hydrogen-bond donors (Lipinski definition) is 0. The molecule has 5 heteroatoms. The molecule has 0 aliphatic heterocycles. The van der Waals surface area contributed by atoms with Crippen LogP contribution < -0.4 is 0 Å². The normalized spacial score (nSPS) is 11.2. The third-order valence-corrected chi connectivity index (χ3v) is 6.14. The zero-order chi connectivity index (χ0) is 24.2. The van der Waals surface area contributed by atoms with Crippen LogP contribution in [0.2, 0.25) is 0 Å². The molecule has 0 N–H and O–H groups in total. The summed E-state index contributed by atoms with van der Waals surface area (Å²) in [6, 6.07) is 15.4. The van der Waals surface area contributed by atoms with Crippen LogP contribution in [-0.4, -0.2) is 6.29 Å². The Hall–Kier alpha value is -3.47. The smallest absolute Gasteiger partial charge is 0.194 e. The van der Waals surface area contributed by atoms with Crippen LogP contribution >= 0.6 is 0 Å². The summed E-state index contributed by atoms with van der Waals surface area (Å²) in [5, 5.41) is 1.71. The summed E-state index contributed by atoms with van der Waals surface area (Å²) in [7, 11) is 0. The van der Waals surface area contributed by atoms with Gasteiger partial charge < -0.3 is 0 Å². The molecule has 4 aromatic carbocycles. The summed E-state index contributed by atoms with van der Waals surface area (Å²) in [5.41, 5.74) is 2.49. The van der Waals surface area contributed by atoms with Crippen molar-refractivity contribution in [1.82, 2.24) is 0 Å². The molecule has 0 unspecified atom stereocenters. The van der Waals surface area contributed by atoms with E-state index in [1.54, 1.807) is 12.1 Å². The Bertz CT molecular complexity index is 1340. The van der Waals surface area contributed by atoms with Gasteiger partial charge in [0.05, 0.1) is 0 Å². The lowest BCUT2D eigenvalue weighted by molar-refractivity contribution is 0.112. The molecule has 0 amide bonds. The Labute approximate surface area is 196 Å². The van der Waals surface area contributed by atoms with Crippen LogP contribution in [0.5, 0.6) is 0 Å². The molecular weight excluding hydrogens is 440 g/mol. The number of carbonyl (C=O) groups is 1. The van der Waals surface area contributed by atoms with Crippen molar-refractivity contribution in [1.29, 1.82) is 0 Å². The fraction of sp³-hybridized carbons (Fsp3) is 0.207. The molecule has 0 radical (unpaired) electrons. The molecule has 0 saturated heterocycles. The van der Waals surface area contributed by atoms with Crippen molar-refractivity contribution in [2.24, 2.45) is 0 Å². The molecule has 4 rings (SSSR count). The molecule has 1 nitrogen and oxygen atoms in total. The second-order valence-electron chi connectivity index (χ2n) is 8.46. The highest BCUT2D eigenvalue weighted by molar-refractivity contribution is 6.04.